The normalized spacial score (nSPS) is 12.6. The Bertz CT molecular complexity index is 1430. The van der Waals surface area contributed by atoms with Crippen LogP contribution in [-0.4, -0.2) is 54.0 Å². The maximum Gasteiger partial charge on any atom is 0.407 e. The van der Waals surface area contributed by atoms with Crippen molar-refractivity contribution in [3.63, 3.8) is 0 Å². The van der Waals surface area contributed by atoms with Gasteiger partial charge in [0.15, 0.2) is 9.84 Å². The van der Waals surface area contributed by atoms with Gasteiger partial charge in [-0.25, -0.2) is 22.0 Å². The maximum atomic E-state index is 14.8. The summed E-state index contributed by atoms with van der Waals surface area (Å²) in [4.78, 5) is 29.1. The Balaban J connectivity index is 1.91. The van der Waals surface area contributed by atoms with Gasteiger partial charge in [-0.1, -0.05) is 11.6 Å². The molecule has 1 atom stereocenters. The molecule has 0 bridgehead atoms. The minimum absolute atomic E-state index is 0.0201. The molecule has 2 amide bonds. The first-order valence-corrected chi connectivity index (χ1v) is 13.3. The molecule has 0 radical (unpaired) electrons. The fourth-order valence-electron chi connectivity index (χ4n) is 3.76. The van der Waals surface area contributed by atoms with Crippen LogP contribution in [0.4, 0.5) is 13.6 Å². The van der Waals surface area contributed by atoms with Gasteiger partial charge in [0.2, 0.25) is 0 Å². The number of nitrogens with one attached hydrogen (secondary N) is 1. The van der Waals surface area contributed by atoms with Crippen molar-refractivity contribution in [3.8, 4) is 0 Å². The van der Waals surface area contributed by atoms with Crippen molar-refractivity contribution in [3.05, 3.63) is 94.3 Å². The summed E-state index contributed by atoms with van der Waals surface area (Å²) in [7, 11) is -4.33. The lowest BCUT2D eigenvalue weighted by Crippen LogP contribution is -2.48. The summed E-state index contributed by atoms with van der Waals surface area (Å²) >= 11 is 5.87. The van der Waals surface area contributed by atoms with Gasteiger partial charge in [0.25, 0.3) is 5.91 Å². The molecule has 38 heavy (non-hydrogen) atoms. The Kier molecular flexibility index (Phi) is 8.73. The highest BCUT2D eigenvalue weighted by atomic mass is 35.5. The minimum atomic E-state index is -4.33. The van der Waals surface area contributed by atoms with E-state index in [0.29, 0.717) is 5.02 Å². The zero-order valence-electron chi connectivity index (χ0n) is 20.8. The Labute approximate surface area is 224 Å². The van der Waals surface area contributed by atoms with E-state index in [1.54, 1.807) is 20.8 Å². The van der Waals surface area contributed by atoms with Gasteiger partial charge in [0, 0.05) is 35.4 Å². The molecule has 12 heteroatoms. The number of sulfone groups is 1. The van der Waals surface area contributed by atoms with Gasteiger partial charge in [-0.15, -0.1) is 0 Å². The van der Waals surface area contributed by atoms with Gasteiger partial charge < -0.3 is 15.3 Å². The minimum Gasteiger partial charge on any atom is -0.465 e. The van der Waals surface area contributed by atoms with Crippen molar-refractivity contribution in [2.45, 2.75) is 36.5 Å². The summed E-state index contributed by atoms with van der Waals surface area (Å²) in [6, 6.07) is 10.3. The van der Waals surface area contributed by atoms with Crippen molar-refractivity contribution in [2.24, 2.45) is 0 Å². The van der Waals surface area contributed by atoms with Crippen LogP contribution in [-0.2, 0) is 9.84 Å². The lowest BCUT2D eigenvalue weighted by molar-refractivity contribution is 0.0892. The Morgan fingerprint density at radius 2 is 1.74 bits per heavy atom. The smallest absolute Gasteiger partial charge is 0.407 e. The average Bonchev–Trinajstić information content (AvgIpc) is 2.83. The van der Waals surface area contributed by atoms with E-state index in [0.717, 1.165) is 24.4 Å². The van der Waals surface area contributed by atoms with E-state index < -0.39 is 49.8 Å². The molecule has 1 unspecified atom stereocenters. The third-order valence-electron chi connectivity index (χ3n) is 5.67. The van der Waals surface area contributed by atoms with Crippen molar-refractivity contribution in [2.75, 3.05) is 13.1 Å². The molecule has 0 aliphatic rings. The number of carbonyl (C=O) groups is 2. The van der Waals surface area contributed by atoms with Crippen LogP contribution in [0.25, 0.3) is 0 Å². The first-order valence-electron chi connectivity index (χ1n) is 11.4. The van der Waals surface area contributed by atoms with Crippen molar-refractivity contribution in [1.82, 2.24) is 15.2 Å². The summed E-state index contributed by atoms with van der Waals surface area (Å²) in [5.74, 6) is -2.35. The summed E-state index contributed by atoms with van der Waals surface area (Å²) in [6.07, 6.45) is -0.0133. The molecular weight excluding hydrogens is 540 g/mol. The van der Waals surface area contributed by atoms with Crippen LogP contribution in [0.1, 0.15) is 47.6 Å². The molecule has 1 aromatic heterocycles. The summed E-state index contributed by atoms with van der Waals surface area (Å²) < 4.78 is 55.9. The van der Waals surface area contributed by atoms with E-state index in [1.165, 1.54) is 41.3 Å². The van der Waals surface area contributed by atoms with Crippen LogP contribution < -0.4 is 5.32 Å². The maximum absolute atomic E-state index is 14.8. The monoisotopic (exact) mass is 565 g/mol. The lowest BCUT2D eigenvalue weighted by atomic mass is 10.1. The number of aromatic nitrogens is 1. The number of rotatable bonds is 8. The van der Waals surface area contributed by atoms with Gasteiger partial charge in [0.05, 0.1) is 16.2 Å². The molecule has 0 fully saturated rings. The molecule has 0 aliphatic heterocycles. The zero-order chi connectivity index (χ0) is 28.3. The SMILES string of the molecule is CC(C)(C)N(CCNC(=O)c1ccc(C(c2cc(F)ccc2F)S(=O)(=O)c2ccc(Cl)cc2)nc1)C(=O)O. The van der Waals surface area contributed by atoms with Crippen LogP contribution in [0.2, 0.25) is 5.02 Å². The Morgan fingerprint density at radius 1 is 1.08 bits per heavy atom. The van der Waals surface area contributed by atoms with Crippen LogP contribution in [0.15, 0.2) is 65.7 Å². The average molecular weight is 566 g/mol. The van der Waals surface area contributed by atoms with Crippen molar-refractivity contribution >= 4 is 33.4 Å². The van der Waals surface area contributed by atoms with E-state index in [9.17, 15) is 31.9 Å². The van der Waals surface area contributed by atoms with Gasteiger partial charge in [-0.2, -0.15) is 0 Å². The van der Waals surface area contributed by atoms with Crippen LogP contribution in [0, 0.1) is 11.6 Å². The van der Waals surface area contributed by atoms with Gasteiger partial charge >= 0.3 is 6.09 Å². The molecule has 1 heterocycles. The summed E-state index contributed by atoms with van der Waals surface area (Å²) in [5, 5.41) is 10.5. The molecule has 0 saturated carbocycles. The van der Waals surface area contributed by atoms with E-state index >= 15 is 0 Å². The van der Waals surface area contributed by atoms with Crippen LogP contribution >= 0.6 is 11.6 Å². The summed E-state index contributed by atoms with van der Waals surface area (Å²) in [5.41, 5.74) is -1.18. The predicted molar refractivity (Wildman–Crippen MR) is 138 cm³/mol. The predicted octanol–water partition coefficient (Wildman–Crippen LogP) is 5.08. The number of pyridine rings is 1. The third-order valence-corrected chi connectivity index (χ3v) is 7.97. The highest BCUT2D eigenvalue weighted by Gasteiger charge is 2.34. The molecule has 0 spiro atoms. The molecule has 8 nitrogen and oxygen atoms in total. The van der Waals surface area contributed by atoms with Crippen molar-refractivity contribution in [1.29, 1.82) is 0 Å². The highest BCUT2D eigenvalue weighted by molar-refractivity contribution is 7.91. The van der Waals surface area contributed by atoms with Gasteiger partial charge in [-0.05, 0) is 75.4 Å². The molecule has 202 valence electrons. The number of carboxylic acid groups (broad SMARTS) is 1. The highest BCUT2D eigenvalue weighted by Crippen LogP contribution is 2.36. The fraction of sp³-hybridized carbons (Fsp3) is 0.269. The molecule has 0 saturated heterocycles. The van der Waals surface area contributed by atoms with Crippen molar-refractivity contribution < 1.29 is 31.9 Å². The Hall–Kier alpha value is -3.57. The second-order valence-corrected chi connectivity index (χ2v) is 11.8. The molecular formula is C26H26ClF2N3O5S. The molecule has 3 aromatic rings. The van der Waals surface area contributed by atoms with Gasteiger partial charge in [-0.3, -0.25) is 9.78 Å². The standard InChI is InChI=1S/C26H26ClF2N3O5S/c1-26(2,3)32(25(34)35)13-12-30-24(33)16-4-11-22(31-15-16)23(20-14-18(28)7-10-21(20)29)38(36,37)19-8-5-17(27)6-9-19/h4-11,14-15,23H,12-13H2,1-3H3,(H,30,33)(H,34,35). The molecule has 2 aromatic carbocycles. The largest absolute Gasteiger partial charge is 0.465 e. The number of hydrogen-bond donors (Lipinski definition) is 2. The quantitative estimate of drug-likeness (QED) is 0.393. The summed E-state index contributed by atoms with van der Waals surface area (Å²) in [6.45, 7) is 5.23. The first kappa shape index (κ1) is 29.0. The zero-order valence-corrected chi connectivity index (χ0v) is 22.4. The van der Waals surface area contributed by atoms with Crippen LogP contribution in [0.5, 0.6) is 0 Å². The second-order valence-electron chi connectivity index (χ2n) is 9.38. The number of hydrogen-bond acceptors (Lipinski definition) is 5. The Morgan fingerprint density at radius 3 is 2.29 bits per heavy atom. The lowest BCUT2D eigenvalue weighted by Gasteiger charge is -2.33. The van der Waals surface area contributed by atoms with E-state index in [4.69, 9.17) is 11.6 Å². The van der Waals surface area contributed by atoms with E-state index in [-0.39, 0.29) is 29.2 Å². The van der Waals surface area contributed by atoms with Crippen LogP contribution in [0.3, 0.4) is 0 Å². The number of carbonyl (C=O) groups excluding carboxylic acids is 1. The number of halogens is 3. The number of amides is 2. The molecule has 3 rings (SSSR count). The van der Waals surface area contributed by atoms with E-state index in [2.05, 4.69) is 10.3 Å². The second kappa shape index (κ2) is 11.4. The third kappa shape index (κ3) is 6.65. The molecule has 2 N–H and O–H groups in total. The molecule has 0 aliphatic carbocycles. The first-order chi connectivity index (χ1) is 17.7. The van der Waals surface area contributed by atoms with E-state index in [1.807, 2.05) is 0 Å². The number of benzene rings is 2. The number of nitrogens with zero attached hydrogens (tertiary/aromatic N) is 2. The topological polar surface area (TPSA) is 117 Å². The van der Waals surface area contributed by atoms with Gasteiger partial charge in [0.1, 0.15) is 16.9 Å². The fourth-order valence-corrected chi connectivity index (χ4v) is 5.64.